The highest BCUT2D eigenvalue weighted by Gasteiger charge is 2.04. The number of halogens is 1. The second kappa shape index (κ2) is 4.65. The number of aryl methyl sites for hydroxylation is 1. The fraction of sp³-hybridized carbons (Fsp3) is 0.273. The van der Waals surface area contributed by atoms with Crippen molar-refractivity contribution in [3.63, 3.8) is 0 Å². The van der Waals surface area contributed by atoms with Crippen LogP contribution in [0.15, 0.2) is 28.9 Å². The van der Waals surface area contributed by atoms with Gasteiger partial charge in [-0.25, -0.2) is 0 Å². The van der Waals surface area contributed by atoms with Crippen LogP contribution in [0.25, 0.3) is 0 Å². The van der Waals surface area contributed by atoms with Gasteiger partial charge in [-0.3, -0.25) is 0 Å². The minimum Gasteiger partial charge on any atom is -0.487 e. The van der Waals surface area contributed by atoms with Crippen molar-refractivity contribution in [1.29, 1.82) is 0 Å². The topological polar surface area (TPSA) is 39.9 Å². The predicted octanol–water partition coefficient (Wildman–Crippen LogP) is 2.47. The monoisotopic (exact) mass is 281 g/mol. The molecule has 16 heavy (non-hydrogen) atoms. The fourth-order valence-corrected chi connectivity index (χ4v) is 1.70. The molecule has 1 aromatic heterocycles. The third kappa shape index (κ3) is 2.41. The summed E-state index contributed by atoms with van der Waals surface area (Å²) in [5.41, 5.74) is 1.91. The zero-order valence-corrected chi connectivity index (χ0v) is 10.7. The highest BCUT2D eigenvalue weighted by atomic mass is 79.9. The molecule has 0 radical (unpaired) electrons. The van der Waals surface area contributed by atoms with Gasteiger partial charge in [-0.15, -0.1) is 0 Å². The number of nitrogens with zero attached hydrogens (tertiary/aromatic N) is 3. The zero-order chi connectivity index (χ0) is 11.5. The lowest BCUT2D eigenvalue weighted by Gasteiger charge is -2.08. The van der Waals surface area contributed by atoms with Gasteiger partial charge in [0.25, 0.3) is 0 Å². The summed E-state index contributed by atoms with van der Waals surface area (Å²) < 4.78 is 6.72. The number of aromatic nitrogens is 3. The van der Waals surface area contributed by atoms with Crippen molar-refractivity contribution in [1.82, 2.24) is 15.0 Å². The van der Waals surface area contributed by atoms with Crippen molar-refractivity contribution in [3.05, 3.63) is 40.1 Å². The second-order valence-corrected chi connectivity index (χ2v) is 4.33. The maximum absolute atomic E-state index is 5.67. The highest BCUT2D eigenvalue weighted by Crippen LogP contribution is 2.25. The summed E-state index contributed by atoms with van der Waals surface area (Å²) in [5.74, 6) is 0.861. The summed E-state index contributed by atoms with van der Waals surface area (Å²) in [5, 5.41) is 8.13. The maximum Gasteiger partial charge on any atom is 0.134 e. The van der Waals surface area contributed by atoms with E-state index >= 15 is 0 Å². The molecule has 0 spiro atoms. The highest BCUT2D eigenvalue weighted by molar-refractivity contribution is 9.10. The number of benzene rings is 1. The van der Waals surface area contributed by atoms with Crippen LogP contribution in [-0.2, 0) is 13.7 Å². The lowest BCUT2D eigenvalue weighted by Crippen LogP contribution is -1.99. The van der Waals surface area contributed by atoms with Crippen LogP contribution in [0.1, 0.15) is 11.3 Å². The van der Waals surface area contributed by atoms with Crippen LogP contribution >= 0.6 is 15.9 Å². The SMILES string of the molecule is Cc1c(Br)cccc1OCc1cnn(C)n1. The quantitative estimate of drug-likeness (QED) is 0.868. The first-order valence-corrected chi connectivity index (χ1v) is 5.69. The van der Waals surface area contributed by atoms with Crippen molar-refractivity contribution in [3.8, 4) is 5.75 Å². The van der Waals surface area contributed by atoms with Crippen LogP contribution in [0, 0.1) is 6.92 Å². The van der Waals surface area contributed by atoms with E-state index < -0.39 is 0 Å². The first kappa shape index (κ1) is 11.1. The lowest BCUT2D eigenvalue weighted by molar-refractivity contribution is 0.297. The minimum atomic E-state index is 0.436. The minimum absolute atomic E-state index is 0.436. The number of hydrogen-bond donors (Lipinski definition) is 0. The second-order valence-electron chi connectivity index (χ2n) is 3.48. The Labute approximate surface area is 102 Å². The van der Waals surface area contributed by atoms with Gasteiger partial charge >= 0.3 is 0 Å². The van der Waals surface area contributed by atoms with E-state index in [0.717, 1.165) is 21.5 Å². The van der Waals surface area contributed by atoms with E-state index in [1.165, 1.54) is 4.80 Å². The van der Waals surface area contributed by atoms with Gasteiger partial charge in [-0.2, -0.15) is 15.0 Å². The molecule has 0 aliphatic rings. The molecule has 0 atom stereocenters. The summed E-state index contributed by atoms with van der Waals surface area (Å²) in [6, 6.07) is 5.88. The molecule has 0 saturated carbocycles. The number of ether oxygens (including phenoxy) is 1. The third-order valence-corrected chi connectivity index (χ3v) is 3.10. The van der Waals surface area contributed by atoms with Crippen LogP contribution in [0.2, 0.25) is 0 Å². The molecule has 5 heteroatoms. The van der Waals surface area contributed by atoms with Crippen LogP contribution < -0.4 is 4.74 Å². The Morgan fingerprint density at radius 1 is 1.44 bits per heavy atom. The van der Waals surface area contributed by atoms with Gasteiger partial charge in [0, 0.05) is 17.1 Å². The normalized spacial score (nSPS) is 10.4. The van der Waals surface area contributed by atoms with Crippen LogP contribution in [0.4, 0.5) is 0 Å². The molecule has 2 aromatic rings. The molecular weight excluding hydrogens is 270 g/mol. The molecule has 0 saturated heterocycles. The molecule has 0 aliphatic carbocycles. The summed E-state index contributed by atoms with van der Waals surface area (Å²) in [6.45, 7) is 2.45. The maximum atomic E-state index is 5.67. The van der Waals surface area contributed by atoms with Gasteiger partial charge in [0.1, 0.15) is 18.1 Å². The summed E-state index contributed by atoms with van der Waals surface area (Å²) in [4.78, 5) is 1.52. The Morgan fingerprint density at radius 3 is 2.94 bits per heavy atom. The fourth-order valence-electron chi connectivity index (χ4n) is 1.35. The largest absolute Gasteiger partial charge is 0.487 e. The van der Waals surface area contributed by atoms with E-state index in [4.69, 9.17) is 4.74 Å². The average Bonchev–Trinajstić information content (AvgIpc) is 2.67. The predicted molar refractivity (Wildman–Crippen MR) is 64.2 cm³/mol. The van der Waals surface area contributed by atoms with Crippen molar-refractivity contribution in [2.24, 2.45) is 7.05 Å². The van der Waals surface area contributed by atoms with Gasteiger partial charge < -0.3 is 4.74 Å². The summed E-state index contributed by atoms with van der Waals surface area (Å²) in [7, 11) is 1.79. The standard InChI is InChI=1S/C11H12BrN3O/c1-8-10(12)4-3-5-11(8)16-7-9-6-13-15(2)14-9/h3-6H,7H2,1-2H3. The van der Waals surface area contributed by atoms with E-state index in [0.29, 0.717) is 6.61 Å². The van der Waals surface area contributed by atoms with E-state index in [1.807, 2.05) is 25.1 Å². The van der Waals surface area contributed by atoms with E-state index in [-0.39, 0.29) is 0 Å². The van der Waals surface area contributed by atoms with E-state index in [9.17, 15) is 0 Å². The smallest absolute Gasteiger partial charge is 0.134 e. The van der Waals surface area contributed by atoms with Crippen LogP contribution in [-0.4, -0.2) is 15.0 Å². The van der Waals surface area contributed by atoms with E-state index in [2.05, 4.69) is 26.1 Å². The van der Waals surface area contributed by atoms with Crippen molar-refractivity contribution < 1.29 is 4.74 Å². The molecule has 0 N–H and O–H groups in total. The Morgan fingerprint density at radius 2 is 2.25 bits per heavy atom. The van der Waals surface area contributed by atoms with Gasteiger partial charge in [0.2, 0.25) is 0 Å². The molecule has 4 nitrogen and oxygen atoms in total. The van der Waals surface area contributed by atoms with Crippen molar-refractivity contribution in [2.75, 3.05) is 0 Å². The molecule has 84 valence electrons. The Kier molecular flexibility index (Phi) is 3.24. The van der Waals surface area contributed by atoms with E-state index in [1.54, 1.807) is 13.2 Å². The molecule has 0 bridgehead atoms. The third-order valence-electron chi connectivity index (χ3n) is 2.24. The summed E-state index contributed by atoms with van der Waals surface area (Å²) >= 11 is 3.46. The van der Waals surface area contributed by atoms with Crippen molar-refractivity contribution >= 4 is 15.9 Å². The van der Waals surface area contributed by atoms with Crippen molar-refractivity contribution in [2.45, 2.75) is 13.5 Å². The van der Waals surface area contributed by atoms with Gasteiger partial charge in [-0.05, 0) is 19.1 Å². The zero-order valence-electron chi connectivity index (χ0n) is 9.14. The average molecular weight is 282 g/mol. The molecule has 0 unspecified atom stereocenters. The molecular formula is C11H12BrN3O. The van der Waals surface area contributed by atoms with Crippen LogP contribution in [0.3, 0.4) is 0 Å². The molecule has 1 heterocycles. The Hall–Kier alpha value is -1.36. The Bertz CT molecular complexity index is 496. The lowest BCUT2D eigenvalue weighted by atomic mass is 10.2. The van der Waals surface area contributed by atoms with Crippen LogP contribution in [0.5, 0.6) is 5.75 Å². The first-order chi connectivity index (χ1) is 7.66. The first-order valence-electron chi connectivity index (χ1n) is 4.90. The molecule has 0 aliphatic heterocycles. The van der Waals surface area contributed by atoms with Gasteiger partial charge in [-0.1, -0.05) is 22.0 Å². The number of rotatable bonds is 3. The van der Waals surface area contributed by atoms with Gasteiger partial charge in [0.15, 0.2) is 0 Å². The molecule has 1 aromatic carbocycles. The summed E-state index contributed by atoms with van der Waals surface area (Å²) in [6.07, 6.45) is 1.70. The molecule has 0 amide bonds. The van der Waals surface area contributed by atoms with Gasteiger partial charge in [0.05, 0.1) is 6.20 Å². The number of hydrogen-bond acceptors (Lipinski definition) is 3. The molecule has 0 fully saturated rings. The Balaban J connectivity index is 2.07. The molecule has 2 rings (SSSR count).